The number of likely N-dealkylation sites (tertiary alicyclic amines) is 1. The molecule has 28 heavy (non-hydrogen) atoms. The molecule has 0 aromatic carbocycles. The first-order valence-corrected chi connectivity index (χ1v) is 11.4. The van der Waals surface area contributed by atoms with Gasteiger partial charge in [0, 0.05) is 52.7 Å². The van der Waals surface area contributed by atoms with E-state index in [0.29, 0.717) is 32.5 Å². The average Bonchev–Trinajstić information content (AvgIpc) is 3.18. The fourth-order valence-electron chi connectivity index (χ4n) is 4.49. The van der Waals surface area contributed by atoms with Crippen LogP contribution in [0.3, 0.4) is 0 Å². The Morgan fingerprint density at radius 1 is 1.18 bits per heavy atom. The van der Waals surface area contributed by atoms with Crippen LogP contribution in [-0.2, 0) is 31.9 Å². The normalized spacial score (nSPS) is 25.8. The highest BCUT2D eigenvalue weighted by atomic mass is 32.2. The van der Waals surface area contributed by atoms with E-state index in [1.54, 1.807) is 6.20 Å². The molecule has 4 heterocycles. The van der Waals surface area contributed by atoms with Gasteiger partial charge in [-0.2, -0.15) is 17.0 Å². The van der Waals surface area contributed by atoms with Gasteiger partial charge in [0.05, 0.1) is 6.54 Å². The van der Waals surface area contributed by atoms with E-state index in [0.717, 1.165) is 31.8 Å². The lowest BCUT2D eigenvalue weighted by Crippen LogP contribution is -2.56. The molecule has 1 unspecified atom stereocenters. The van der Waals surface area contributed by atoms with Gasteiger partial charge >= 0.3 is 0 Å². The van der Waals surface area contributed by atoms with Crippen LogP contribution in [0, 0.1) is 0 Å². The second-order valence-electron chi connectivity index (χ2n) is 8.08. The van der Waals surface area contributed by atoms with Crippen LogP contribution in [-0.4, -0.2) is 83.8 Å². The number of hydrogen-bond donors (Lipinski definition) is 0. The first kappa shape index (κ1) is 19.8. The van der Waals surface area contributed by atoms with Crippen molar-refractivity contribution in [3.63, 3.8) is 0 Å². The summed E-state index contributed by atoms with van der Waals surface area (Å²) in [5, 5.41) is 0. The molecule has 3 aliphatic rings. The summed E-state index contributed by atoms with van der Waals surface area (Å²) >= 11 is 0. The smallest absolute Gasteiger partial charge is 0.281 e. The molecule has 156 valence electrons. The van der Waals surface area contributed by atoms with E-state index in [4.69, 9.17) is 4.74 Å². The van der Waals surface area contributed by atoms with Crippen molar-refractivity contribution >= 4 is 16.1 Å². The topological polar surface area (TPSA) is 88.0 Å². The summed E-state index contributed by atoms with van der Waals surface area (Å²) in [6, 6.07) is 0. The quantitative estimate of drug-likeness (QED) is 0.718. The number of aromatic nitrogens is 2. The zero-order chi connectivity index (χ0) is 19.9. The van der Waals surface area contributed by atoms with Crippen molar-refractivity contribution in [1.82, 2.24) is 23.1 Å². The Hall–Kier alpha value is -1.49. The molecule has 2 fully saturated rings. The number of imidazole rings is 1. The monoisotopic (exact) mass is 411 g/mol. The molecule has 3 aliphatic heterocycles. The molecule has 0 saturated carbocycles. The van der Waals surface area contributed by atoms with Crippen molar-refractivity contribution in [1.29, 1.82) is 0 Å². The summed E-state index contributed by atoms with van der Waals surface area (Å²) in [6.45, 7) is 2.73. The Balaban J connectivity index is 1.55. The number of carbonyl (C=O) groups is 1. The van der Waals surface area contributed by atoms with E-state index in [1.807, 2.05) is 15.7 Å². The van der Waals surface area contributed by atoms with Crippen LogP contribution < -0.4 is 0 Å². The number of ether oxygens (including phenoxy) is 1. The van der Waals surface area contributed by atoms with E-state index in [1.165, 1.54) is 29.1 Å². The SMILES string of the molecule is CN(C)S(=O)(=O)N1CCC2(CC1)OC(C(=O)N1CCCCC1)Cn1ccnc12. The maximum absolute atomic E-state index is 13.1. The number of hydrogen-bond acceptors (Lipinski definition) is 5. The summed E-state index contributed by atoms with van der Waals surface area (Å²) in [5.74, 6) is 0.846. The van der Waals surface area contributed by atoms with Gasteiger partial charge in [0.15, 0.2) is 6.10 Å². The molecule has 10 heteroatoms. The molecule has 0 bridgehead atoms. The zero-order valence-electron chi connectivity index (χ0n) is 16.6. The second-order valence-corrected chi connectivity index (χ2v) is 10.2. The van der Waals surface area contributed by atoms with E-state index in [9.17, 15) is 13.2 Å². The van der Waals surface area contributed by atoms with Gasteiger partial charge in [-0.05, 0) is 32.1 Å². The van der Waals surface area contributed by atoms with E-state index in [2.05, 4.69) is 4.98 Å². The van der Waals surface area contributed by atoms with Crippen molar-refractivity contribution < 1.29 is 17.9 Å². The number of piperidine rings is 2. The number of fused-ring (bicyclic) bond motifs is 2. The van der Waals surface area contributed by atoms with Crippen LogP contribution >= 0.6 is 0 Å². The largest absolute Gasteiger partial charge is 0.352 e. The minimum Gasteiger partial charge on any atom is -0.352 e. The third kappa shape index (κ3) is 3.36. The number of nitrogens with zero attached hydrogens (tertiary/aromatic N) is 5. The van der Waals surface area contributed by atoms with E-state index in [-0.39, 0.29) is 5.91 Å². The maximum atomic E-state index is 13.1. The minimum absolute atomic E-state index is 0.0433. The standard InChI is InChI=1S/C18H29N5O4S/c1-20(2)28(25,26)23-11-6-18(7-12-23)17-19-8-13-22(17)14-15(27-18)16(24)21-9-4-3-5-10-21/h8,13,15H,3-7,9-12,14H2,1-2H3. The van der Waals surface area contributed by atoms with Gasteiger partial charge < -0.3 is 14.2 Å². The zero-order valence-corrected chi connectivity index (χ0v) is 17.4. The first-order chi connectivity index (χ1) is 13.3. The third-order valence-corrected chi connectivity index (χ3v) is 8.05. The molecule has 1 aromatic rings. The molecular weight excluding hydrogens is 382 g/mol. The van der Waals surface area contributed by atoms with Gasteiger partial charge in [0.1, 0.15) is 11.4 Å². The van der Waals surface area contributed by atoms with Crippen molar-refractivity contribution in [2.45, 2.75) is 50.4 Å². The van der Waals surface area contributed by atoms with Gasteiger partial charge in [0.25, 0.3) is 16.1 Å². The predicted octanol–water partition coefficient (Wildman–Crippen LogP) is 0.392. The molecule has 1 amide bonds. The van der Waals surface area contributed by atoms with Crippen LogP contribution in [0.1, 0.15) is 37.9 Å². The van der Waals surface area contributed by atoms with Crippen LogP contribution in [0.5, 0.6) is 0 Å². The number of amides is 1. The lowest BCUT2D eigenvalue weighted by Gasteiger charge is -2.46. The van der Waals surface area contributed by atoms with Crippen molar-refractivity contribution in [2.75, 3.05) is 40.3 Å². The van der Waals surface area contributed by atoms with Gasteiger partial charge in [-0.3, -0.25) is 4.79 Å². The molecule has 2 saturated heterocycles. The first-order valence-electron chi connectivity index (χ1n) is 9.99. The van der Waals surface area contributed by atoms with Gasteiger partial charge in [-0.1, -0.05) is 0 Å². The predicted molar refractivity (Wildman–Crippen MR) is 103 cm³/mol. The highest BCUT2D eigenvalue weighted by molar-refractivity contribution is 7.86. The lowest BCUT2D eigenvalue weighted by atomic mass is 9.89. The molecule has 0 aliphatic carbocycles. The molecule has 4 rings (SSSR count). The van der Waals surface area contributed by atoms with Crippen LogP contribution in [0.25, 0.3) is 0 Å². The Kier molecular flexibility index (Phi) is 5.24. The minimum atomic E-state index is -3.46. The summed E-state index contributed by atoms with van der Waals surface area (Å²) in [4.78, 5) is 19.5. The van der Waals surface area contributed by atoms with Crippen LogP contribution in [0.2, 0.25) is 0 Å². The molecule has 1 spiro atoms. The Morgan fingerprint density at radius 3 is 2.50 bits per heavy atom. The fourth-order valence-corrected chi connectivity index (χ4v) is 5.60. The number of carbonyl (C=O) groups excluding carboxylic acids is 1. The highest BCUT2D eigenvalue weighted by Crippen LogP contribution is 2.41. The molecular formula is C18H29N5O4S. The van der Waals surface area contributed by atoms with Crippen molar-refractivity contribution in [3.8, 4) is 0 Å². The maximum Gasteiger partial charge on any atom is 0.281 e. The van der Waals surface area contributed by atoms with Crippen molar-refractivity contribution in [2.24, 2.45) is 0 Å². The lowest BCUT2D eigenvalue weighted by molar-refractivity contribution is -0.179. The summed E-state index contributed by atoms with van der Waals surface area (Å²) in [6.07, 6.45) is 7.30. The molecule has 9 nitrogen and oxygen atoms in total. The molecule has 1 aromatic heterocycles. The molecule has 0 N–H and O–H groups in total. The van der Waals surface area contributed by atoms with E-state index < -0.39 is 21.9 Å². The average molecular weight is 412 g/mol. The van der Waals surface area contributed by atoms with Crippen LogP contribution in [0.15, 0.2) is 12.4 Å². The fraction of sp³-hybridized carbons (Fsp3) is 0.778. The van der Waals surface area contributed by atoms with Gasteiger partial charge in [-0.25, -0.2) is 4.98 Å². The van der Waals surface area contributed by atoms with Gasteiger partial charge in [0.2, 0.25) is 0 Å². The Morgan fingerprint density at radius 2 is 1.86 bits per heavy atom. The molecule has 0 radical (unpaired) electrons. The van der Waals surface area contributed by atoms with Crippen LogP contribution in [0.4, 0.5) is 0 Å². The molecule has 1 atom stereocenters. The summed E-state index contributed by atoms with van der Waals surface area (Å²) in [5.41, 5.74) is -0.712. The summed E-state index contributed by atoms with van der Waals surface area (Å²) in [7, 11) is -0.380. The van der Waals surface area contributed by atoms with Crippen molar-refractivity contribution in [3.05, 3.63) is 18.2 Å². The second kappa shape index (κ2) is 7.40. The third-order valence-electron chi connectivity index (χ3n) is 6.11. The highest BCUT2D eigenvalue weighted by Gasteiger charge is 2.49. The van der Waals surface area contributed by atoms with E-state index >= 15 is 0 Å². The number of rotatable bonds is 3. The summed E-state index contributed by atoms with van der Waals surface area (Å²) < 4.78 is 36.1. The Bertz CT molecular complexity index is 823. The Labute approximate surface area is 166 Å². The van der Waals surface area contributed by atoms with Gasteiger partial charge in [-0.15, -0.1) is 0 Å².